The summed E-state index contributed by atoms with van der Waals surface area (Å²) in [6.07, 6.45) is 1.13. The summed E-state index contributed by atoms with van der Waals surface area (Å²) in [6.45, 7) is 10.1. The fourth-order valence-corrected chi connectivity index (χ4v) is 1.04. The fourth-order valence-electron chi connectivity index (χ4n) is 1.04. The van der Waals surface area contributed by atoms with Gasteiger partial charge in [0.05, 0.1) is 13.0 Å². The van der Waals surface area contributed by atoms with E-state index in [4.69, 9.17) is 0 Å². The maximum Gasteiger partial charge on any atom is 0.309 e. The zero-order valence-electron chi connectivity index (χ0n) is 10.0. The standard InChI is InChI=1S/C11H23NO2/c1-6-11(3,4)8-12-7-9(2)10(13)14-5/h9,12H,6-8H2,1-5H3. The van der Waals surface area contributed by atoms with Crippen molar-refractivity contribution in [2.75, 3.05) is 20.2 Å². The predicted octanol–water partition coefficient (Wildman–Crippen LogP) is 1.82. The first-order chi connectivity index (χ1) is 6.43. The lowest BCUT2D eigenvalue weighted by Gasteiger charge is -2.23. The van der Waals surface area contributed by atoms with Crippen molar-refractivity contribution in [3.8, 4) is 0 Å². The van der Waals surface area contributed by atoms with Crippen LogP contribution in [0.2, 0.25) is 0 Å². The molecule has 0 aromatic rings. The average Bonchev–Trinajstić information content (AvgIpc) is 2.16. The summed E-state index contributed by atoms with van der Waals surface area (Å²) in [7, 11) is 1.43. The summed E-state index contributed by atoms with van der Waals surface area (Å²) in [5, 5.41) is 3.29. The summed E-state index contributed by atoms with van der Waals surface area (Å²) in [4.78, 5) is 11.1. The second kappa shape index (κ2) is 6.02. The average molecular weight is 201 g/mol. The van der Waals surface area contributed by atoms with Crippen LogP contribution < -0.4 is 5.32 Å². The number of esters is 1. The van der Waals surface area contributed by atoms with Gasteiger partial charge in [0.2, 0.25) is 0 Å². The van der Waals surface area contributed by atoms with Crippen molar-refractivity contribution in [2.24, 2.45) is 11.3 Å². The van der Waals surface area contributed by atoms with Gasteiger partial charge in [-0.25, -0.2) is 0 Å². The van der Waals surface area contributed by atoms with Crippen LogP contribution in [0.15, 0.2) is 0 Å². The van der Waals surface area contributed by atoms with Crippen LogP contribution in [0, 0.1) is 11.3 Å². The van der Waals surface area contributed by atoms with E-state index < -0.39 is 0 Å². The zero-order valence-corrected chi connectivity index (χ0v) is 10.0. The molecule has 0 rings (SSSR count). The van der Waals surface area contributed by atoms with Gasteiger partial charge in [-0.3, -0.25) is 4.79 Å². The Morgan fingerprint density at radius 1 is 1.50 bits per heavy atom. The van der Waals surface area contributed by atoms with E-state index in [9.17, 15) is 4.79 Å². The molecule has 0 aliphatic rings. The molecule has 0 aromatic heterocycles. The molecule has 0 saturated heterocycles. The van der Waals surface area contributed by atoms with Crippen molar-refractivity contribution < 1.29 is 9.53 Å². The van der Waals surface area contributed by atoms with E-state index in [0.29, 0.717) is 12.0 Å². The maximum absolute atomic E-state index is 11.1. The smallest absolute Gasteiger partial charge is 0.309 e. The van der Waals surface area contributed by atoms with Crippen LogP contribution in [0.3, 0.4) is 0 Å². The maximum atomic E-state index is 11.1. The highest BCUT2D eigenvalue weighted by Crippen LogP contribution is 2.17. The van der Waals surface area contributed by atoms with Crippen molar-refractivity contribution in [3.05, 3.63) is 0 Å². The van der Waals surface area contributed by atoms with Crippen LogP contribution in [0.1, 0.15) is 34.1 Å². The van der Waals surface area contributed by atoms with Gasteiger partial charge in [-0.2, -0.15) is 0 Å². The summed E-state index contributed by atoms with van der Waals surface area (Å²) < 4.78 is 4.64. The lowest BCUT2D eigenvalue weighted by atomic mass is 9.90. The topological polar surface area (TPSA) is 38.3 Å². The minimum absolute atomic E-state index is 0.0624. The highest BCUT2D eigenvalue weighted by molar-refractivity contribution is 5.71. The number of nitrogens with one attached hydrogen (secondary N) is 1. The van der Waals surface area contributed by atoms with E-state index in [1.807, 2.05) is 6.92 Å². The third kappa shape index (κ3) is 5.22. The first kappa shape index (κ1) is 13.4. The van der Waals surface area contributed by atoms with Crippen molar-refractivity contribution in [3.63, 3.8) is 0 Å². The van der Waals surface area contributed by atoms with Crippen LogP contribution in [0.25, 0.3) is 0 Å². The summed E-state index contributed by atoms with van der Waals surface area (Å²) in [5.74, 6) is -0.209. The van der Waals surface area contributed by atoms with Gasteiger partial charge in [0, 0.05) is 13.1 Å². The van der Waals surface area contributed by atoms with Crippen LogP contribution in [-0.2, 0) is 9.53 Å². The molecule has 3 nitrogen and oxygen atoms in total. The number of methoxy groups -OCH3 is 1. The first-order valence-electron chi connectivity index (χ1n) is 5.21. The molecule has 0 bridgehead atoms. The Morgan fingerprint density at radius 2 is 2.07 bits per heavy atom. The molecule has 1 atom stereocenters. The Hall–Kier alpha value is -0.570. The molecule has 0 radical (unpaired) electrons. The summed E-state index contributed by atoms with van der Waals surface area (Å²) in [6, 6.07) is 0. The Bertz CT molecular complexity index is 178. The molecule has 3 heteroatoms. The van der Waals surface area contributed by atoms with E-state index in [2.05, 4.69) is 30.8 Å². The number of carbonyl (C=O) groups excluding carboxylic acids is 1. The number of ether oxygens (including phenoxy) is 1. The second-order valence-electron chi connectivity index (χ2n) is 4.57. The fraction of sp³-hybridized carbons (Fsp3) is 0.909. The zero-order chi connectivity index (χ0) is 11.2. The van der Waals surface area contributed by atoms with E-state index in [0.717, 1.165) is 13.0 Å². The molecule has 1 N–H and O–H groups in total. The van der Waals surface area contributed by atoms with Gasteiger partial charge in [-0.15, -0.1) is 0 Å². The van der Waals surface area contributed by atoms with E-state index in [-0.39, 0.29) is 11.9 Å². The molecule has 0 amide bonds. The van der Waals surface area contributed by atoms with E-state index in [1.54, 1.807) is 0 Å². The highest BCUT2D eigenvalue weighted by Gasteiger charge is 2.17. The van der Waals surface area contributed by atoms with Gasteiger partial charge in [0.25, 0.3) is 0 Å². The molecule has 0 saturated carbocycles. The molecule has 84 valence electrons. The number of hydrogen-bond donors (Lipinski definition) is 1. The van der Waals surface area contributed by atoms with Gasteiger partial charge in [-0.1, -0.05) is 27.7 Å². The minimum Gasteiger partial charge on any atom is -0.469 e. The van der Waals surface area contributed by atoms with Gasteiger partial charge < -0.3 is 10.1 Å². The molecule has 0 aromatic carbocycles. The first-order valence-corrected chi connectivity index (χ1v) is 5.21. The molecule has 14 heavy (non-hydrogen) atoms. The van der Waals surface area contributed by atoms with Gasteiger partial charge in [0.1, 0.15) is 0 Å². The van der Waals surface area contributed by atoms with Crippen LogP contribution >= 0.6 is 0 Å². The summed E-state index contributed by atoms with van der Waals surface area (Å²) >= 11 is 0. The Kier molecular flexibility index (Phi) is 5.77. The summed E-state index contributed by atoms with van der Waals surface area (Å²) in [5.41, 5.74) is 0.301. The Balaban J connectivity index is 3.69. The van der Waals surface area contributed by atoms with Gasteiger partial charge in [0.15, 0.2) is 0 Å². The van der Waals surface area contributed by atoms with Crippen LogP contribution in [0.4, 0.5) is 0 Å². The minimum atomic E-state index is -0.146. The Morgan fingerprint density at radius 3 is 2.50 bits per heavy atom. The van der Waals surface area contributed by atoms with Crippen LogP contribution in [-0.4, -0.2) is 26.2 Å². The molecule has 0 spiro atoms. The largest absolute Gasteiger partial charge is 0.469 e. The van der Waals surface area contributed by atoms with Crippen LogP contribution in [0.5, 0.6) is 0 Å². The second-order valence-corrected chi connectivity index (χ2v) is 4.57. The normalized spacial score (nSPS) is 13.8. The molecule has 0 aliphatic carbocycles. The van der Waals surface area contributed by atoms with Crippen molar-refractivity contribution in [2.45, 2.75) is 34.1 Å². The van der Waals surface area contributed by atoms with E-state index in [1.165, 1.54) is 7.11 Å². The third-order valence-corrected chi connectivity index (χ3v) is 2.61. The monoisotopic (exact) mass is 201 g/mol. The van der Waals surface area contributed by atoms with Gasteiger partial charge >= 0.3 is 5.97 Å². The number of hydrogen-bond acceptors (Lipinski definition) is 3. The molecular formula is C11H23NO2. The molecule has 0 fully saturated rings. The van der Waals surface area contributed by atoms with Gasteiger partial charge in [-0.05, 0) is 11.8 Å². The predicted molar refractivity (Wildman–Crippen MR) is 58.1 cm³/mol. The number of rotatable bonds is 6. The van der Waals surface area contributed by atoms with Crippen molar-refractivity contribution >= 4 is 5.97 Å². The molecule has 0 aliphatic heterocycles. The quantitative estimate of drug-likeness (QED) is 0.666. The third-order valence-electron chi connectivity index (χ3n) is 2.61. The SMILES string of the molecule is CCC(C)(C)CNCC(C)C(=O)OC. The number of carbonyl (C=O) groups is 1. The lowest BCUT2D eigenvalue weighted by molar-refractivity contribution is -0.144. The van der Waals surface area contributed by atoms with Crippen molar-refractivity contribution in [1.29, 1.82) is 0 Å². The van der Waals surface area contributed by atoms with E-state index >= 15 is 0 Å². The van der Waals surface area contributed by atoms with Crippen molar-refractivity contribution in [1.82, 2.24) is 5.32 Å². The molecular weight excluding hydrogens is 178 g/mol. The molecule has 0 heterocycles. The lowest BCUT2D eigenvalue weighted by Crippen LogP contribution is -2.34. The Labute approximate surface area is 87.2 Å². The molecule has 1 unspecified atom stereocenters. The highest BCUT2D eigenvalue weighted by atomic mass is 16.5.